The first-order valence-electron chi connectivity index (χ1n) is 5.03. The maximum Gasteiger partial charge on any atom is 0.253 e. The first-order chi connectivity index (χ1) is 7.49. The zero-order valence-electron chi connectivity index (χ0n) is 9.53. The number of hydrogen-bond acceptors (Lipinski definition) is 2. The van der Waals surface area contributed by atoms with Gasteiger partial charge in [-0.2, -0.15) is 0 Å². The van der Waals surface area contributed by atoms with Crippen LogP contribution < -0.4 is 0 Å². The van der Waals surface area contributed by atoms with Crippen LogP contribution in [0.15, 0.2) is 18.2 Å². The lowest BCUT2D eigenvalue weighted by molar-refractivity contribution is 0.0827. The Balaban J connectivity index is 2.61. The van der Waals surface area contributed by atoms with Crippen LogP contribution in [0, 0.1) is 6.92 Å². The van der Waals surface area contributed by atoms with E-state index in [0.717, 1.165) is 16.6 Å². The summed E-state index contributed by atoms with van der Waals surface area (Å²) in [7, 11) is 3.37. The minimum absolute atomic E-state index is 0.121. The zero-order valence-corrected chi connectivity index (χ0v) is 9.53. The van der Waals surface area contributed by atoms with E-state index in [0.29, 0.717) is 5.56 Å². The quantitative estimate of drug-likeness (QED) is 0.767. The third-order valence-electron chi connectivity index (χ3n) is 2.50. The second-order valence-electron chi connectivity index (χ2n) is 4.11. The van der Waals surface area contributed by atoms with E-state index in [1.165, 1.54) is 11.0 Å². The summed E-state index contributed by atoms with van der Waals surface area (Å²) >= 11 is 0. The third kappa shape index (κ3) is 1.62. The average molecular weight is 218 g/mol. The van der Waals surface area contributed by atoms with E-state index in [1.807, 2.05) is 13.0 Å². The van der Waals surface area contributed by atoms with E-state index in [9.17, 15) is 9.90 Å². The number of phenolic OH excluding ortho intramolecular Hbond substituents is 1. The maximum absolute atomic E-state index is 11.7. The van der Waals surface area contributed by atoms with E-state index >= 15 is 0 Å². The van der Waals surface area contributed by atoms with Gasteiger partial charge in [-0.15, -0.1) is 0 Å². The molecule has 0 unspecified atom stereocenters. The van der Waals surface area contributed by atoms with Crippen molar-refractivity contribution in [2.75, 3.05) is 14.1 Å². The number of amides is 1. The monoisotopic (exact) mass is 218 g/mol. The number of aromatic hydroxyl groups is 1. The fourth-order valence-corrected chi connectivity index (χ4v) is 1.74. The van der Waals surface area contributed by atoms with Crippen molar-refractivity contribution in [3.8, 4) is 5.75 Å². The van der Waals surface area contributed by atoms with Gasteiger partial charge in [-0.1, -0.05) is 0 Å². The summed E-state index contributed by atoms with van der Waals surface area (Å²) < 4.78 is 0. The molecule has 0 atom stereocenters. The summed E-state index contributed by atoms with van der Waals surface area (Å²) in [6.45, 7) is 1.91. The molecular weight excluding hydrogens is 204 g/mol. The highest BCUT2D eigenvalue weighted by atomic mass is 16.3. The van der Waals surface area contributed by atoms with Crippen LogP contribution in [0.1, 0.15) is 16.1 Å². The van der Waals surface area contributed by atoms with Gasteiger partial charge in [-0.05, 0) is 25.1 Å². The summed E-state index contributed by atoms with van der Waals surface area (Å²) in [5, 5.41) is 10.5. The molecule has 4 nitrogen and oxygen atoms in total. The van der Waals surface area contributed by atoms with Crippen LogP contribution in [0.3, 0.4) is 0 Å². The van der Waals surface area contributed by atoms with Crippen molar-refractivity contribution in [2.45, 2.75) is 6.92 Å². The molecule has 0 saturated carbocycles. The molecule has 0 fully saturated rings. The number of phenols is 1. The summed E-state index contributed by atoms with van der Waals surface area (Å²) in [4.78, 5) is 16.3. The molecule has 1 heterocycles. The molecule has 0 aliphatic carbocycles. The Morgan fingerprint density at radius 2 is 2.00 bits per heavy atom. The molecule has 2 aromatic rings. The number of aromatic amines is 1. The lowest BCUT2D eigenvalue weighted by Gasteiger charge is -2.10. The highest BCUT2D eigenvalue weighted by Gasteiger charge is 2.12. The molecule has 0 spiro atoms. The zero-order chi connectivity index (χ0) is 11.9. The van der Waals surface area contributed by atoms with Crippen LogP contribution in [0.5, 0.6) is 5.75 Å². The Morgan fingerprint density at radius 1 is 1.31 bits per heavy atom. The second-order valence-corrected chi connectivity index (χ2v) is 4.11. The lowest BCUT2D eigenvalue weighted by Crippen LogP contribution is -2.21. The van der Waals surface area contributed by atoms with Crippen molar-refractivity contribution in [1.82, 2.24) is 9.88 Å². The Labute approximate surface area is 93.5 Å². The predicted molar refractivity (Wildman–Crippen MR) is 62.7 cm³/mol. The smallest absolute Gasteiger partial charge is 0.253 e. The van der Waals surface area contributed by atoms with E-state index < -0.39 is 0 Å². The fourth-order valence-electron chi connectivity index (χ4n) is 1.74. The number of carbonyl (C=O) groups is 1. The van der Waals surface area contributed by atoms with Gasteiger partial charge in [0, 0.05) is 30.7 Å². The van der Waals surface area contributed by atoms with Gasteiger partial charge in [0.15, 0.2) is 0 Å². The van der Waals surface area contributed by atoms with Crippen molar-refractivity contribution >= 4 is 16.8 Å². The van der Waals surface area contributed by atoms with Gasteiger partial charge < -0.3 is 15.0 Å². The van der Waals surface area contributed by atoms with Crippen LogP contribution in [-0.4, -0.2) is 35.0 Å². The number of rotatable bonds is 1. The summed E-state index contributed by atoms with van der Waals surface area (Å²) in [6, 6.07) is 5.11. The topological polar surface area (TPSA) is 56.3 Å². The Hall–Kier alpha value is -1.97. The van der Waals surface area contributed by atoms with E-state index in [4.69, 9.17) is 0 Å². The SMILES string of the molecule is Cc1cc2c(O)cc(C(=O)N(C)C)cc2[nH]1. The number of nitrogens with zero attached hydrogens (tertiary/aromatic N) is 1. The molecule has 1 amide bonds. The van der Waals surface area contributed by atoms with Gasteiger partial charge in [0.1, 0.15) is 5.75 Å². The molecule has 0 bridgehead atoms. The van der Waals surface area contributed by atoms with Crippen LogP contribution in [-0.2, 0) is 0 Å². The van der Waals surface area contributed by atoms with Crippen molar-refractivity contribution in [1.29, 1.82) is 0 Å². The normalized spacial score (nSPS) is 10.7. The van der Waals surface area contributed by atoms with Crippen LogP contribution in [0.25, 0.3) is 10.9 Å². The molecule has 4 heteroatoms. The number of hydrogen-bond donors (Lipinski definition) is 2. The first-order valence-corrected chi connectivity index (χ1v) is 5.03. The van der Waals surface area contributed by atoms with Gasteiger partial charge in [0.2, 0.25) is 0 Å². The minimum Gasteiger partial charge on any atom is -0.507 e. The van der Waals surface area contributed by atoms with Crippen LogP contribution >= 0.6 is 0 Å². The molecule has 1 aromatic heterocycles. The van der Waals surface area contributed by atoms with Gasteiger partial charge in [0.05, 0.1) is 5.52 Å². The average Bonchev–Trinajstić information content (AvgIpc) is 2.57. The predicted octanol–water partition coefficient (Wildman–Crippen LogP) is 1.88. The first kappa shape index (κ1) is 10.5. The van der Waals surface area contributed by atoms with E-state index in [2.05, 4.69) is 4.98 Å². The second kappa shape index (κ2) is 3.56. The number of fused-ring (bicyclic) bond motifs is 1. The highest BCUT2D eigenvalue weighted by Crippen LogP contribution is 2.27. The minimum atomic E-state index is -0.121. The lowest BCUT2D eigenvalue weighted by atomic mass is 10.1. The molecule has 0 radical (unpaired) electrons. The van der Waals surface area contributed by atoms with Crippen molar-refractivity contribution in [3.05, 3.63) is 29.5 Å². The van der Waals surface area contributed by atoms with Gasteiger partial charge in [-0.3, -0.25) is 4.79 Å². The standard InChI is InChI=1S/C12H14N2O2/c1-7-4-9-10(13-7)5-8(6-11(9)15)12(16)14(2)3/h4-6,13,15H,1-3H3. The van der Waals surface area contributed by atoms with Gasteiger partial charge in [-0.25, -0.2) is 0 Å². The molecule has 2 rings (SSSR count). The third-order valence-corrected chi connectivity index (χ3v) is 2.50. The number of benzene rings is 1. The molecule has 1 aromatic carbocycles. The number of aryl methyl sites for hydroxylation is 1. The molecular formula is C12H14N2O2. The van der Waals surface area contributed by atoms with Crippen molar-refractivity contribution in [3.63, 3.8) is 0 Å². The molecule has 0 aliphatic rings. The number of aromatic nitrogens is 1. The largest absolute Gasteiger partial charge is 0.507 e. The maximum atomic E-state index is 11.7. The Kier molecular flexibility index (Phi) is 2.34. The Morgan fingerprint density at radius 3 is 2.62 bits per heavy atom. The van der Waals surface area contributed by atoms with E-state index in [-0.39, 0.29) is 11.7 Å². The summed E-state index contributed by atoms with van der Waals surface area (Å²) in [5.41, 5.74) is 2.22. The van der Waals surface area contributed by atoms with Crippen molar-refractivity contribution in [2.24, 2.45) is 0 Å². The highest BCUT2D eigenvalue weighted by molar-refractivity contribution is 5.99. The molecule has 16 heavy (non-hydrogen) atoms. The molecule has 0 aliphatic heterocycles. The summed E-state index contributed by atoms with van der Waals surface area (Å²) in [6.07, 6.45) is 0. The molecule has 0 saturated heterocycles. The molecule has 84 valence electrons. The van der Waals surface area contributed by atoms with E-state index in [1.54, 1.807) is 20.2 Å². The van der Waals surface area contributed by atoms with Gasteiger partial charge >= 0.3 is 0 Å². The fraction of sp³-hybridized carbons (Fsp3) is 0.250. The summed E-state index contributed by atoms with van der Waals surface area (Å²) in [5.74, 6) is 0.0107. The molecule has 2 N–H and O–H groups in total. The van der Waals surface area contributed by atoms with Gasteiger partial charge in [0.25, 0.3) is 5.91 Å². The number of nitrogens with one attached hydrogen (secondary N) is 1. The van der Waals surface area contributed by atoms with Crippen LogP contribution in [0.4, 0.5) is 0 Å². The van der Waals surface area contributed by atoms with Crippen molar-refractivity contribution < 1.29 is 9.90 Å². The Bertz CT molecular complexity index is 555. The number of carbonyl (C=O) groups excluding carboxylic acids is 1. The van der Waals surface area contributed by atoms with Crippen LogP contribution in [0.2, 0.25) is 0 Å². The number of H-pyrrole nitrogens is 1.